The van der Waals surface area contributed by atoms with Gasteiger partial charge in [-0.1, -0.05) is 0 Å². The van der Waals surface area contributed by atoms with Crippen LogP contribution in [0.5, 0.6) is 0 Å². The Kier molecular flexibility index (Phi) is 1.91. The number of hydrogen-bond donors (Lipinski definition) is 1. The second-order valence-corrected chi connectivity index (χ2v) is 2.85. The fourth-order valence-corrected chi connectivity index (χ4v) is 1.14. The number of aliphatic hydroxyl groups is 1. The Hall–Kier alpha value is -1.16. The zero-order valence-corrected chi connectivity index (χ0v) is 6.77. The minimum atomic E-state index is -0.0106. The van der Waals surface area contributed by atoms with Gasteiger partial charge in [0.1, 0.15) is 0 Å². The van der Waals surface area contributed by atoms with Gasteiger partial charge in [0, 0.05) is 19.3 Å². The van der Waals surface area contributed by atoms with Gasteiger partial charge in [0.2, 0.25) is 5.95 Å². The van der Waals surface area contributed by atoms with Crippen LogP contribution in [0.3, 0.4) is 0 Å². The first-order valence-corrected chi connectivity index (χ1v) is 4.08. The first-order valence-electron chi connectivity index (χ1n) is 4.08. The minimum absolute atomic E-state index is 0.0106. The zero-order valence-electron chi connectivity index (χ0n) is 6.77. The lowest BCUT2D eigenvalue weighted by Gasteiger charge is -2.30. The third-order valence-electron chi connectivity index (χ3n) is 2.00. The molecule has 0 bridgehead atoms. The first-order chi connectivity index (χ1) is 5.90. The molecule has 0 radical (unpaired) electrons. The smallest absolute Gasteiger partial charge is 0.225 e. The molecule has 0 unspecified atom stereocenters. The summed E-state index contributed by atoms with van der Waals surface area (Å²) in [6.45, 7) is 2.06. The number of aliphatic hydroxyl groups excluding tert-OH is 1. The molecule has 12 heavy (non-hydrogen) atoms. The molecule has 1 fully saturated rings. The van der Waals surface area contributed by atoms with Crippen molar-refractivity contribution in [1.82, 2.24) is 9.97 Å². The highest BCUT2D eigenvalue weighted by Gasteiger charge is 2.16. The van der Waals surface area contributed by atoms with E-state index >= 15 is 0 Å². The molecule has 4 nitrogen and oxygen atoms in total. The van der Waals surface area contributed by atoms with Gasteiger partial charge in [0.25, 0.3) is 0 Å². The van der Waals surface area contributed by atoms with E-state index in [1.54, 1.807) is 12.3 Å². The standard InChI is InChI=1S/C8H11N3O/c12-6-7-2-3-9-8(10-7)11-4-1-5-11/h2-3,12H,1,4-6H2. The Morgan fingerprint density at radius 3 is 2.92 bits per heavy atom. The van der Waals surface area contributed by atoms with E-state index in [-0.39, 0.29) is 6.61 Å². The fraction of sp³-hybridized carbons (Fsp3) is 0.500. The highest BCUT2D eigenvalue weighted by molar-refractivity contribution is 5.32. The summed E-state index contributed by atoms with van der Waals surface area (Å²) >= 11 is 0. The Bertz CT molecular complexity index is 273. The van der Waals surface area contributed by atoms with Crippen LogP contribution in [0.15, 0.2) is 12.3 Å². The van der Waals surface area contributed by atoms with Gasteiger partial charge in [-0.15, -0.1) is 0 Å². The summed E-state index contributed by atoms with van der Waals surface area (Å²) < 4.78 is 0. The van der Waals surface area contributed by atoms with Gasteiger partial charge in [-0.05, 0) is 12.5 Å². The molecule has 0 aromatic carbocycles. The fourth-order valence-electron chi connectivity index (χ4n) is 1.14. The van der Waals surface area contributed by atoms with E-state index in [4.69, 9.17) is 5.11 Å². The van der Waals surface area contributed by atoms with E-state index in [1.807, 2.05) is 0 Å². The number of anilines is 1. The SMILES string of the molecule is OCc1ccnc(N2CCC2)n1. The second kappa shape index (κ2) is 3.06. The molecular formula is C8H11N3O. The summed E-state index contributed by atoms with van der Waals surface area (Å²) in [6.07, 6.45) is 2.90. The number of hydrogen-bond acceptors (Lipinski definition) is 4. The van der Waals surface area contributed by atoms with Gasteiger partial charge in [-0.3, -0.25) is 0 Å². The van der Waals surface area contributed by atoms with Crippen molar-refractivity contribution in [2.24, 2.45) is 0 Å². The van der Waals surface area contributed by atoms with Crippen molar-refractivity contribution in [1.29, 1.82) is 0 Å². The van der Waals surface area contributed by atoms with Crippen LogP contribution >= 0.6 is 0 Å². The highest BCUT2D eigenvalue weighted by Crippen LogP contribution is 2.14. The van der Waals surface area contributed by atoms with E-state index in [9.17, 15) is 0 Å². The van der Waals surface area contributed by atoms with Crippen LogP contribution in [0.2, 0.25) is 0 Å². The molecule has 0 amide bonds. The van der Waals surface area contributed by atoms with E-state index < -0.39 is 0 Å². The topological polar surface area (TPSA) is 49.3 Å². The highest BCUT2D eigenvalue weighted by atomic mass is 16.3. The summed E-state index contributed by atoms with van der Waals surface area (Å²) in [4.78, 5) is 10.4. The average molecular weight is 165 g/mol. The Balaban J connectivity index is 2.19. The van der Waals surface area contributed by atoms with E-state index in [2.05, 4.69) is 14.9 Å². The van der Waals surface area contributed by atoms with Crippen LogP contribution in [0.1, 0.15) is 12.1 Å². The molecule has 1 aliphatic rings. The third kappa shape index (κ3) is 1.25. The van der Waals surface area contributed by atoms with Gasteiger partial charge < -0.3 is 10.0 Å². The largest absolute Gasteiger partial charge is 0.390 e. The summed E-state index contributed by atoms with van der Waals surface area (Å²) in [5.74, 6) is 0.743. The molecule has 2 rings (SSSR count). The predicted molar refractivity (Wildman–Crippen MR) is 44.8 cm³/mol. The Labute approximate surface area is 70.9 Å². The Morgan fingerprint density at radius 1 is 1.50 bits per heavy atom. The van der Waals surface area contributed by atoms with Gasteiger partial charge in [-0.2, -0.15) is 0 Å². The van der Waals surface area contributed by atoms with Gasteiger partial charge >= 0.3 is 0 Å². The zero-order chi connectivity index (χ0) is 8.39. The van der Waals surface area contributed by atoms with Crippen molar-refractivity contribution in [2.45, 2.75) is 13.0 Å². The van der Waals surface area contributed by atoms with Crippen molar-refractivity contribution in [3.05, 3.63) is 18.0 Å². The van der Waals surface area contributed by atoms with Gasteiger partial charge in [0.05, 0.1) is 12.3 Å². The number of nitrogens with zero attached hydrogens (tertiary/aromatic N) is 3. The van der Waals surface area contributed by atoms with Crippen LogP contribution in [0, 0.1) is 0 Å². The second-order valence-electron chi connectivity index (χ2n) is 2.85. The molecule has 0 atom stereocenters. The summed E-state index contributed by atoms with van der Waals surface area (Å²) in [5.41, 5.74) is 0.687. The lowest BCUT2D eigenvalue weighted by atomic mass is 10.2. The molecule has 1 saturated heterocycles. The van der Waals surface area contributed by atoms with Crippen LogP contribution in [0.4, 0.5) is 5.95 Å². The van der Waals surface area contributed by atoms with Crippen molar-refractivity contribution < 1.29 is 5.11 Å². The molecule has 4 heteroatoms. The monoisotopic (exact) mass is 165 g/mol. The first kappa shape index (κ1) is 7.49. The van der Waals surface area contributed by atoms with Crippen LogP contribution < -0.4 is 4.90 Å². The minimum Gasteiger partial charge on any atom is -0.390 e. The van der Waals surface area contributed by atoms with Crippen LogP contribution in [0.25, 0.3) is 0 Å². The van der Waals surface area contributed by atoms with Crippen molar-refractivity contribution in [2.75, 3.05) is 18.0 Å². The maximum Gasteiger partial charge on any atom is 0.225 e. The maximum absolute atomic E-state index is 8.83. The molecule has 0 aliphatic carbocycles. The van der Waals surface area contributed by atoms with E-state index in [0.29, 0.717) is 5.69 Å². The molecule has 1 N–H and O–H groups in total. The van der Waals surface area contributed by atoms with E-state index in [1.165, 1.54) is 6.42 Å². The number of rotatable bonds is 2. The Morgan fingerprint density at radius 2 is 2.33 bits per heavy atom. The molecule has 1 aromatic rings. The summed E-state index contributed by atoms with van der Waals surface area (Å²) in [7, 11) is 0. The van der Waals surface area contributed by atoms with Crippen molar-refractivity contribution in [3.63, 3.8) is 0 Å². The quantitative estimate of drug-likeness (QED) is 0.679. The van der Waals surface area contributed by atoms with Crippen molar-refractivity contribution >= 4 is 5.95 Å². The molecule has 64 valence electrons. The lowest BCUT2D eigenvalue weighted by molar-refractivity contribution is 0.276. The molecule has 0 saturated carbocycles. The number of aromatic nitrogens is 2. The third-order valence-corrected chi connectivity index (χ3v) is 2.00. The average Bonchev–Trinajstić information content (AvgIpc) is 2.02. The molecule has 1 aliphatic heterocycles. The molecule has 1 aromatic heterocycles. The normalized spacial score (nSPS) is 15.9. The maximum atomic E-state index is 8.83. The lowest BCUT2D eigenvalue weighted by Crippen LogP contribution is -2.38. The van der Waals surface area contributed by atoms with Gasteiger partial charge in [0.15, 0.2) is 0 Å². The van der Waals surface area contributed by atoms with Crippen LogP contribution in [-0.2, 0) is 6.61 Å². The van der Waals surface area contributed by atoms with Crippen LogP contribution in [-0.4, -0.2) is 28.2 Å². The summed E-state index contributed by atoms with van der Waals surface area (Å²) in [6, 6.07) is 1.73. The predicted octanol–water partition coefficient (Wildman–Crippen LogP) is 0.179. The van der Waals surface area contributed by atoms with Gasteiger partial charge in [-0.25, -0.2) is 9.97 Å². The molecule has 0 spiro atoms. The summed E-state index contributed by atoms with van der Waals surface area (Å²) in [5, 5.41) is 8.83. The van der Waals surface area contributed by atoms with Crippen molar-refractivity contribution in [3.8, 4) is 0 Å². The van der Waals surface area contributed by atoms with E-state index in [0.717, 1.165) is 19.0 Å². The molecule has 2 heterocycles. The molecular weight excluding hydrogens is 154 g/mol.